The van der Waals surface area contributed by atoms with E-state index in [9.17, 15) is 19.4 Å². The van der Waals surface area contributed by atoms with Gasteiger partial charge in [0, 0.05) is 6.42 Å². The Bertz CT molecular complexity index is 1290. The van der Waals surface area contributed by atoms with Gasteiger partial charge >= 0.3 is 7.82 Å². The maximum absolute atomic E-state index is 12.9. The normalized spacial score (nSPS) is 14.6. The average Bonchev–Trinajstić information content (AvgIpc) is 3.26. The quantitative estimate of drug-likeness (QED) is 0.0243. The van der Waals surface area contributed by atoms with Crippen LogP contribution in [0.3, 0.4) is 0 Å². The third kappa shape index (κ3) is 49.7. The number of aliphatic hydroxyl groups excluding tert-OH is 1. The molecule has 0 aromatic heterocycles. The molecule has 65 heavy (non-hydrogen) atoms. The van der Waals surface area contributed by atoms with Crippen LogP contribution in [0.25, 0.3) is 0 Å². The van der Waals surface area contributed by atoms with Gasteiger partial charge < -0.3 is 19.8 Å². The molecule has 0 fully saturated rings. The highest BCUT2D eigenvalue weighted by Gasteiger charge is 2.27. The molecule has 0 aliphatic carbocycles. The highest BCUT2D eigenvalue weighted by atomic mass is 31.2. The highest BCUT2D eigenvalue weighted by molar-refractivity contribution is 7.47. The first-order valence-corrected chi connectivity index (χ1v) is 28.3. The lowest BCUT2D eigenvalue weighted by Gasteiger charge is -2.25. The lowest BCUT2D eigenvalue weighted by Crippen LogP contribution is -2.45. The van der Waals surface area contributed by atoms with Gasteiger partial charge in [0.1, 0.15) is 13.2 Å². The van der Waals surface area contributed by atoms with Crippen LogP contribution in [0, 0.1) is 0 Å². The number of quaternary nitrogens is 1. The highest BCUT2D eigenvalue weighted by Crippen LogP contribution is 2.43. The molecule has 0 radical (unpaired) electrons. The molecule has 0 aromatic rings. The molecular formula is C56H104N2O6P+. The number of nitrogens with zero attached hydrogens (tertiary/aromatic N) is 1. The van der Waals surface area contributed by atoms with E-state index in [1.165, 1.54) is 141 Å². The van der Waals surface area contributed by atoms with Gasteiger partial charge in [0.2, 0.25) is 5.91 Å². The second-order valence-corrected chi connectivity index (χ2v) is 20.7. The number of unbranched alkanes of at least 4 members (excludes halogenated alkanes) is 25. The van der Waals surface area contributed by atoms with E-state index < -0.39 is 20.0 Å². The largest absolute Gasteiger partial charge is 0.472 e. The summed E-state index contributed by atoms with van der Waals surface area (Å²) in [4.78, 5) is 23.2. The van der Waals surface area contributed by atoms with Gasteiger partial charge in [0.25, 0.3) is 0 Å². The minimum atomic E-state index is -4.35. The number of aliphatic hydroxyl groups is 1. The Morgan fingerprint density at radius 2 is 0.908 bits per heavy atom. The Morgan fingerprint density at radius 1 is 0.523 bits per heavy atom. The van der Waals surface area contributed by atoms with Gasteiger partial charge in [-0.05, 0) is 77.0 Å². The number of rotatable bonds is 48. The van der Waals surface area contributed by atoms with Crippen LogP contribution in [0.4, 0.5) is 0 Å². The molecule has 378 valence electrons. The summed E-state index contributed by atoms with van der Waals surface area (Å²) in [5.74, 6) is -0.194. The molecule has 0 rings (SSSR count). The first kappa shape index (κ1) is 62.9. The number of carbonyl (C=O) groups excluding carboxylic acids is 1. The number of hydrogen-bond acceptors (Lipinski definition) is 5. The van der Waals surface area contributed by atoms with Gasteiger partial charge in [-0.3, -0.25) is 13.8 Å². The number of amides is 1. The molecule has 8 nitrogen and oxygen atoms in total. The molecule has 0 saturated carbocycles. The number of phosphoric ester groups is 1. The van der Waals surface area contributed by atoms with Gasteiger partial charge in [-0.2, -0.15) is 0 Å². The number of likely N-dealkylation sites (N-methyl/N-ethyl adjacent to an activating group) is 1. The van der Waals surface area contributed by atoms with E-state index in [-0.39, 0.29) is 19.1 Å². The predicted octanol–water partition coefficient (Wildman–Crippen LogP) is 15.9. The van der Waals surface area contributed by atoms with Crippen LogP contribution in [0.2, 0.25) is 0 Å². The van der Waals surface area contributed by atoms with E-state index >= 15 is 0 Å². The van der Waals surface area contributed by atoms with Crippen molar-refractivity contribution >= 4 is 13.7 Å². The van der Waals surface area contributed by atoms with Gasteiger partial charge in [0.05, 0.1) is 39.9 Å². The van der Waals surface area contributed by atoms with Gasteiger partial charge in [-0.15, -0.1) is 0 Å². The van der Waals surface area contributed by atoms with E-state index in [2.05, 4.69) is 79.9 Å². The van der Waals surface area contributed by atoms with Crippen LogP contribution in [0.5, 0.6) is 0 Å². The summed E-state index contributed by atoms with van der Waals surface area (Å²) in [7, 11) is 1.54. The minimum Gasteiger partial charge on any atom is -0.387 e. The molecule has 3 atom stereocenters. The summed E-state index contributed by atoms with van der Waals surface area (Å²) in [6, 6.07) is -0.871. The summed E-state index contributed by atoms with van der Waals surface area (Å²) in [6.07, 6.45) is 64.4. The number of carbonyl (C=O) groups is 1. The predicted molar refractivity (Wildman–Crippen MR) is 281 cm³/mol. The van der Waals surface area contributed by atoms with Crippen LogP contribution < -0.4 is 5.32 Å². The topological polar surface area (TPSA) is 105 Å². The van der Waals surface area contributed by atoms with Crippen molar-refractivity contribution in [2.24, 2.45) is 0 Å². The Balaban J connectivity index is 4.10. The van der Waals surface area contributed by atoms with Crippen LogP contribution in [0.15, 0.2) is 72.9 Å². The molecule has 0 aliphatic rings. The third-order valence-electron chi connectivity index (χ3n) is 11.6. The van der Waals surface area contributed by atoms with E-state index in [1.807, 2.05) is 27.2 Å². The van der Waals surface area contributed by atoms with Crippen LogP contribution >= 0.6 is 7.82 Å². The molecule has 3 N–H and O–H groups in total. The molecule has 3 unspecified atom stereocenters. The van der Waals surface area contributed by atoms with Crippen molar-refractivity contribution in [3.05, 3.63) is 72.9 Å². The first-order chi connectivity index (χ1) is 31.5. The zero-order chi connectivity index (χ0) is 47.8. The number of nitrogens with one attached hydrogen (secondary N) is 1. The summed E-state index contributed by atoms with van der Waals surface area (Å²) in [5, 5.41) is 13.8. The average molecular weight is 932 g/mol. The van der Waals surface area contributed by atoms with E-state index in [0.29, 0.717) is 17.4 Å². The number of hydrogen-bond donors (Lipinski definition) is 3. The van der Waals surface area contributed by atoms with Crippen molar-refractivity contribution in [3.8, 4) is 0 Å². The molecule has 0 bridgehead atoms. The Labute approximate surface area is 402 Å². The second kappa shape index (κ2) is 47.0. The Kier molecular flexibility index (Phi) is 45.5. The molecule has 1 amide bonds. The second-order valence-electron chi connectivity index (χ2n) is 19.2. The fourth-order valence-electron chi connectivity index (χ4n) is 7.36. The SMILES string of the molecule is CCCC/C=C/CC/C=C/CC/C=C/C(O)C(COP(=O)(O)OCC[N+](C)(C)C)NC(=O)CCCCCCCCCCCCCCCCCC/C=C\C/C=C\C/C=C\CCCCCCC. The van der Waals surface area contributed by atoms with E-state index in [4.69, 9.17) is 9.05 Å². The van der Waals surface area contributed by atoms with Crippen molar-refractivity contribution in [3.63, 3.8) is 0 Å². The molecule has 0 saturated heterocycles. The molecule has 0 heterocycles. The van der Waals surface area contributed by atoms with Crippen molar-refractivity contribution in [1.82, 2.24) is 5.32 Å². The molecular weight excluding hydrogens is 828 g/mol. The summed E-state index contributed by atoms with van der Waals surface area (Å²) in [6.45, 7) is 4.72. The molecule has 0 aliphatic heterocycles. The number of allylic oxidation sites excluding steroid dienone is 11. The number of phosphoric acid groups is 1. The summed E-state index contributed by atoms with van der Waals surface area (Å²) < 4.78 is 23.6. The zero-order valence-electron chi connectivity index (χ0n) is 43.0. The van der Waals surface area contributed by atoms with Crippen molar-refractivity contribution in [2.45, 2.75) is 238 Å². The standard InChI is InChI=1S/C56H103N2O6P/c1-6-8-10-12-14-16-18-20-21-22-23-24-25-26-27-28-29-30-31-32-33-34-35-36-37-38-40-42-44-46-48-50-56(60)57-54(53-64-65(61,62)63-52-51-58(3,4)5)55(59)49-47-45-43-41-39-19-17-15-13-11-9-7-2/h13,15,18,20,22-23,25-26,39,41,47,49,54-55,59H,6-12,14,16-17,19,21,24,27-38,40,42-46,48,50-53H2,1-5H3,(H-,57,60,61,62)/p+1/b15-13+,20-18-,23-22-,26-25-,41-39+,49-47+. The van der Waals surface area contributed by atoms with Gasteiger partial charge in [0.15, 0.2) is 0 Å². The van der Waals surface area contributed by atoms with Crippen molar-refractivity contribution in [1.29, 1.82) is 0 Å². The fourth-order valence-corrected chi connectivity index (χ4v) is 8.10. The van der Waals surface area contributed by atoms with Gasteiger partial charge in [-0.1, -0.05) is 215 Å². The Morgan fingerprint density at radius 3 is 1.38 bits per heavy atom. The molecule has 0 spiro atoms. The van der Waals surface area contributed by atoms with Crippen LogP contribution in [0.1, 0.15) is 226 Å². The van der Waals surface area contributed by atoms with Crippen LogP contribution in [-0.2, 0) is 18.4 Å². The lowest BCUT2D eigenvalue weighted by molar-refractivity contribution is -0.870. The zero-order valence-corrected chi connectivity index (χ0v) is 43.9. The first-order valence-electron chi connectivity index (χ1n) is 26.8. The Hall–Kier alpha value is -2.06. The minimum absolute atomic E-state index is 0.0514. The summed E-state index contributed by atoms with van der Waals surface area (Å²) in [5.41, 5.74) is 0. The van der Waals surface area contributed by atoms with Crippen molar-refractivity contribution < 1.29 is 32.9 Å². The van der Waals surface area contributed by atoms with E-state index in [1.54, 1.807) is 6.08 Å². The van der Waals surface area contributed by atoms with E-state index in [0.717, 1.165) is 64.2 Å². The lowest BCUT2D eigenvalue weighted by atomic mass is 10.0. The molecule has 9 heteroatoms. The summed E-state index contributed by atoms with van der Waals surface area (Å²) >= 11 is 0. The monoisotopic (exact) mass is 932 g/mol. The molecule has 0 aromatic carbocycles. The third-order valence-corrected chi connectivity index (χ3v) is 12.6. The van der Waals surface area contributed by atoms with Gasteiger partial charge in [-0.25, -0.2) is 4.57 Å². The van der Waals surface area contributed by atoms with Crippen LogP contribution in [-0.4, -0.2) is 73.4 Å². The van der Waals surface area contributed by atoms with Crippen molar-refractivity contribution in [2.75, 3.05) is 40.9 Å². The fraction of sp³-hybridized carbons (Fsp3) is 0.768. The smallest absolute Gasteiger partial charge is 0.387 e. The maximum Gasteiger partial charge on any atom is 0.472 e. The maximum atomic E-state index is 12.9.